The Bertz CT molecular complexity index is 485. The molecule has 2 aromatic rings. The summed E-state index contributed by atoms with van der Waals surface area (Å²) in [7, 11) is 0. The summed E-state index contributed by atoms with van der Waals surface area (Å²) in [5.74, 6) is 5.37. The Labute approximate surface area is 106 Å². The lowest BCUT2D eigenvalue weighted by atomic mass is 10.2. The van der Waals surface area contributed by atoms with Crippen LogP contribution in [0.5, 0.6) is 0 Å². The fourth-order valence-electron chi connectivity index (χ4n) is 1.09. The number of carbonyl (C=O) groups excluding carboxylic acids is 1. The summed E-state index contributed by atoms with van der Waals surface area (Å²) in [5, 5.41) is 0. The number of nitrogens with two attached hydrogens (primary N) is 1. The van der Waals surface area contributed by atoms with Gasteiger partial charge in [-0.05, 0) is 23.7 Å². The Hall–Kier alpha value is -1.51. The highest BCUT2D eigenvalue weighted by atomic mass is 32.2. The minimum absolute atomic E-state index is 0.346. The summed E-state index contributed by atoms with van der Waals surface area (Å²) >= 11 is 2.90. The van der Waals surface area contributed by atoms with Crippen molar-refractivity contribution >= 4 is 29.2 Å². The van der Waals surface area contributed by atoms with Gasteiger partial charge in [-0.2, -0.15) is 4.37 Å². The van der Waals surface area contributed by atoms with Crippen LogP contribution in [0.1, 0.15) is 16.1 Å². The van der Waals surface area contributed by atoms with Gasteiger partial charge in [-0.1, -0.05) is 11.8 Å². The number of pyridine rings is 1. The van der Waals surface area contributed by atoms with Crippen LogP contribution in [-0.2, 0) is 5.75 Å². The minimum Gasteiger partial charge on any atom is -0.290 e. The molecule has 88 valence electrons. The van der Waals surface area contributed by atoms with Crippen molar-refractivity contribution in [1.29, 1.82) is 0 Å². The van der Waals surface area contributed by atoms with Crippen LogP contribution in [0.15, 0.2) is 29.0 Å². The van der Waals surface area contributed by atoms with E-state index in [1.807, 2.05) is 0 Å². The Kier molecular flexibility index (Phi) is 4.02. The fraction of sp³-hybridized carbons (Fsp3) is 0.111. The molecule has 0 saturated carbocycles. The second kappa shape index (κ2) is 5.71. The van der Waals surface area contributed by atoms with E-state index in [9.17, 15) is 4.79 Å². The molecule has 0 fully saturated rings. The van der Waals surface area contributed by atoms with E-state index in [1.165, 1.54) is 24.1 Å². The highest BCUT2D eigenvalue weighted by Gasteiger charge is 2.04. The lowest BCUT2D eigenvalue weighted by molar-refractivity contribution is 0.0953. The van der Waals surface area contributed by atoms with Crippen molar-refractivity contribution in [2.45, 2.75) is 10.1 Å². The quantitative estimate of drug-likeness (QED) is 0.369. The first-order valence-corrected chi connectivity index (χ1v) is 6.41. The largest absolute Gasteiger partial charge is 0.290 e. The first kappa shape index (κ1) is 12.0. The molecule has 1 amide bonds. The van der Waals surface area contributed by atoms with Crippen molar-refractivity contribution in [2.75, 3.05) is 0 Å². The molecule has 0 spiro atoms. The average Bonchev–Trinajstić information content (AvgIpc) is 2.89. The van der Waals surface area contributed by atoms with Crippen LogP contribution in [0.2, 0.25) is 0 Å². The third-order valence-electron chi connectivity index (χ3n) is 1.90. The van der Waals surface area contributed by atoms with Crippen LogP contribution >= 0.6 is 23.3 Å². The normalized spacial score (nSPS) is 10.2. The maximum atomic E-state index is 11.2. The Morgan fingerprint density at radius 1 is 1.47 bits per heavy atom. The van der Waals surface area contributed by atoms with Gasteiger partial charge in [-0.3, -0.25) is 15.2 Å². The molecule has 0 aliphatic carbocycles. The zero-order valence-corrected chi connectivity index (χ0v) is 10.3. The van der Waals surface area contributed by atoms with Crippen molar-refractivity contribution in [3.63, 3.8) is 0 Å². The number of amides is 1. The zero-order chi connectivity index (χ0) is 12.1. The predicted molar refractivity (Wildman–Crippen MR) is 65.4 cm³/mol. The van der Waals surface area contributed by atoms with Crippen LogP contribution in [-0.4, -0.2) is 20.2 Å². The molecule has 6 nitrogen and oxygen atoms in total. The molecule has 0 atom stereocenters. The molecule has 17 heavy (non-hydrogen) atoms. The van der Waals surface area contributed by atoms with E-state index >= 15 is 0 Å². The standard InChI is InChI=1S/C9H9N5OS2/c10-14-8(15)6-1-2-7(11-3-6)4-16-9-12-5-13-17-9/h1-3,5H,4,10H2,(H,14,15). The summed E-state index contributed by atoms with van der Waals surface area (Å²) < 4.78 is 4.80. The van der Waals surface area contributed by atoms with Gasteiger partial charge in [0, 0.05) is 11.9 Å². The van der Waals surface area contributed by atoms with Crippen molar-refractivity contribution < 1.29 is 4.79 Å². The molecule has 8 heteroatoms. The Morgan fingerprint density at radius 2 is 2.35 bits per heavy atom. The second-order valence-corrected chi connectivity index (χ2v) is 5.01. The highest BCUT2D eigenvalue weighted by Crippen LogP contribution is 2.22. The average molecular weight is 267 g/mol. The van der Waals surface area contributed by atoms with E-state index in [4.69, 9.17) is 5.84 Å². The second-order valence-electron chi connectivity index (χ2n) is 3.01. The zero-order valence-electron chi connectivity index (χ0n) is 8.66. The van der Waals surface area contributed by atoms with Gasteiger partial charge < -0.3 is 0 Å². The Morgan fingerprint density at radius 3 is 2.94 bits per heavy atom. The molecule has 2 heterocycles. The minimum atomic E-state index is -0.346. The van der Waals surface area contributed by atoms with E-state index in [-0.39, 0.29) is 5.91 Å². The van der Waals surface area contributed by atoms with Crippen LogP contribution < -0.4 is 11.3 Å². The summed E-state index contributed by atoms with van der Waals surface area (Å²) in [5.41, 5.74) is 3.37. The van der Waals surface area contributed by atoms with Gasteiger partial charge in [0.15, 0.2) is 4.34 Å². The van der Waals surface area contributed by atoms with Gasteiger partial charge >= 0.3 is 0 Å². The first-order valence-electron chi connectivity index (χ1n) is 4.65. The van der Waals surface area contributed by atoms with Crippen LogP contribution in [0, 0.1) is 0 Å². The van der Waals surface area contributed by atoms with Crippen molar-refractivity contribution in [3.8, 4) is 0 Å². The first-order chi connectivity index (χ1) is 8.29. The molecule has 0 aromatic carbocycles. The maximum Gasteiger partial charge on any atom is 0.266 e. The van der Waals surface area contributed by atoms with Gasteiger partial charge in [-0.25, -0.2) is 10.8 Å². The maximum absolute atomic E-state index is 11.2. The number of nitrogens with one attached hydrogen (secondary N) is 1. The van der Waals surface area contributed by atoms with E-state index in [1.54, 1.807) is 23.9 Å². The molecule has 2 aromatic heterocycles. The van der Waals surface area contributed by atoms with E-state index in [0.717, 1.165) is 10.0 Å². The third-order valence-corrected chi connectivity index (χ3v) is 3.73. The number of nitrogens with zero attached hydrogens (tertiary/aromatic N) is 3. The topological polar surface area (TPSA) is 93.8 Å². The number of hydrazine groups is 1. The number of nitrogen functional groups attached to an aromatic ring is 1. The Balaban J connectivity index is 1.96. The third kappa shape index (κ3) is 3.22. The molecule has 3 N–H and O–H groups in total. The van der Waals surface area contributed by atoms with Crippen molar-refractivity contribution in [1.82, 2.24) is 19.8 Å². The van der Waals surface area contributed by atoms with Crippen LogP contribution in [0.25, 0.3) is 0 Å². The summed E-state index contributed by atoms with van der Waals surface area (Å²) in [6.45, 7) is 0. The summed E-state index contributed by atoms with van der Waals surface area (Å²) in [6.07, 6.45) is 3.02. The number of hydrogen-bond donors (Lipinski definition) is 2. The fourth-order valence-corrected chi connectivity index (χ4v) is 2.45. The lowest BCUT2D eigenvalue weighted by Crippen LogP contribution is -2.30. The van der Waals surface area contributed by atoms with Gasteiger partial charge in [0.25, 0.3) is 5.91 Å². The van der Waals surface area contributed by atoms with Crippen molar-refractivity contribution in [3.05, 3.63) is 35.9 Å². The van der Waals surface area contributed by atoms with E-state index < -0.39 is 0 Å². The summed E-state index contributed by atoms with van der Waals surface area (Å²) in [6, 6.07) is 3.48. The van der Waals surface area contributed by atoms with E-state index in [0.29, 0.717) is 11.3 Å². The molecule has 0 saturated heterocycles. The SMILES string of the molecule is NNC(=O)c1ccc(CSc2ncns2)nc1. The summed E-state index contributed by atoms with van der Waals surface area (Å²) in [4.78, 5) is 19.4. The number of rotatable bonds is 4. The molecule has 0 aliphatic heterocycles. The smallest absolute Gasteiger partial charge is 0.266 e. The highest BCUT2D eigenvalue weighted by molar-refractivity contribution is 8.00. The molecule has 0 unspecified atom stereocenters. The van der Waals surface area contributed by atoms with Gasteiger partial charge in [-0.15, -0.1) is 0 Å². The molecule has 0 aliphatic rings. The number of aromatic nitrogens is 3. The van der Waals surface area contributed by atoms with Gasteiger partial charge in [0.1, 0.15) is 6.33 Å². The van der Waals surface area contributed by atoms with Crippen LogP contribution in [0.3, 0.4) is 0 Å². The van der Waals surface area contributed by atoms with Crippen molar-refractivity contribution in [2.24, 2.45) is 5.84 Å². The monoisotopic (exact) mass is 267 g/mol. The number of carbonyl (C=O) groups is 1. The molecule has 0 radical (unpaired) electrons. The van der Waals surface area contributed by atoms with Gasteiger partial charge in [0.05, 0.1) is 11.3 Å². The molecular formula is C9H9N5OS2. The predicted octanol–water partition coefficient (Wildman–Crippen LogP) is 0.829. The van der Waals surface area contributed by atoms with E-state index in [2.05, 4.69) is 19.8 Å². The van der Waals surface area contributed by atoms with Crippen LogP contribution in [0.4, 0.5) is 0 Å². The molecule has 2 rings (SSSR count). The van der Waals surface area contributed by atoms with Gasteiger partial charge in [0.2, 0.25) is 0 Å². The lowest BCUT2D eigenvalue weighted by Gasteiger charge is -2.01. The molecular weight excluding hydrogens is 258 g/mol. The molecule has 0 bridgehead atoms. The number of thioether (sulfide) groups is 1. The number of hydrogen-bond acceptors (Lipinski definition) is 7.